The van der Waals surface area contributed by atoms with Crippen LogP contribution in [0.2, 0.25) is 0 Å². The van der Waals surface area contributed by atoms with Gasteiger partial charge in [-0.2, -0.15) is 0 Å². The van der Waals surface area contributed by atoms with Gasteiger partial charge in [0.25, 0.3) is 5.91 Å². The maximum Gasteiger partial charge on any atom is 0.255 e. The molecule has 108 valence electrons. The van der Waals surface area contributed by atoms with Gasteiger partial charge in [0.05, 0.1) is 12.2 Å². The van der Waals surface area contributed by atoms with Crippen LogP contribution in [-0.4, -0.2) is 36.6 Å². The largest absolute Gasteiger partial charge is 0.381 e. The zero-order chi connectivity index (χ0) is 14.1. The molecule has 1 heterocycles. The van der Waals surface area contributed by atoms with E-state index in [0.29, 0.717) is 12.0 Å². The molecule has 1 saturated heterocycles. The third kappa shape index (κ3) is 3.26. The molecule has 1 atom stereocenters. The lowest BCUT2D eigenvalue weighted by molar-refractivity contribution is 0.0705. The second kappa shape index (κ2) is 6.16. The van der Waals surface area contributed by atoms with E-state index < -0.39 is 0 Å². The predicted octanol–water partition coefficient (Wildman–Crippen LogP) is 3.85. The van der Waals surface area contributed by atoms with Crippen LogP contribution >= 0.6 is 31.9 Å². The standard InChI is InChI=1S/C15H17Br2NO2/c16-11-1-4-14(17)13(7-11)15(19)18(12-2-3-12)8-10-5-6-20-9-10/h1,4,7,10,12H,2-3,5-6,8-9H2. The molecule has 0 aromatic heterocycles. The Balaban J connectivity index is 1.79. The lowest BCUT2D eigenvalue weighted by atomic mass is 10.1. The highest BCUT2D eigenvalue weighted by Gasteiger charge is 2.35. The molecule has 1 aromatic rings. The van der Waals surface area contributed by atoms with Gasteiger partial charge in [0.1, 0.15) is 0 Å². The molecule has 0 radical (unpaired) electrons. The second-order valence-corrected chi connectivity index (χ2v) is 7.31. The van der Waals surface area contributed by atoms with E-state index in [-0.39, 0.29) is 5.91 Å². The van der Waals surface area contributed by atoms with Crippen LogP contribution in [-0.2, 0) is 4.74 Å². The molecule has 3 nitrogen and oxygen atoms in total. The van der Waals surface area contributed by atoms with Crippen molar-refractivity contribution in [2.75, 3.05) is 19.8 Å². The van der Waals surface area contributed by atoms with Crippen LogP contribution in [0.3, 0.4) is 0 Å². The molecule has 0 bridgehead atoms. The molecular formula is C15H17Br2NO2. The van der Waals surface area contributed by atoms with Gasteiger partial charge in [0.15, 0.2) is 0 Å². The number of nitrogens with zero attached hydrogens (tertiary/aromatic N) is 1. The lowest BCUT2D eigenvalue weighted by Gasteiger charge is -2.25. The molecule has 1 unspecified atom stereocenters. The van der Waals surface area contributed by atoms with Gasteiger partial charge in [-0.05, 0) is 53.4 Å². The third-order valence-corrected chi connectivity index (χ3v) is 5.07. The van der Waals surface area contributed by atoms with E-state index in [0.717, 1.165) is 53.5 Å². The minimum atomic E-state index is 0.132. The minimum absolute atomic E-state index is 0.132. The van der Waals surface area contributed by atoms with Crippen molar-refractivity contribution in [2.24, 2.45) is 5.92 Å². The summed E-state index contributed by atoms with van der Waals surface area (Å²) in [6, 6.07) is 6.18. The van der Waals surface area contributed by atoms with Crippen molar-refractivity contribution in [2.45, 2.75) is 25.3 Å². The van der Waals surface area contributed by atoms with Crippen molar-refractivity contribution in [1.29, 1.82) is 0 Å². The van der Waals surface area contributed by atoms with Gasteiger partial charge in [-0.3, -0.25) is 4.79 Å². The Labute approximate surface area is 135 Å². The first kappa shape index (κ1) is 14.5. The van der Waals surface area contributed by atoms with Crippen LogP contribution in [0.4, 0.5) is 0 Å². The molecule has 20 heavy (non-hydrogen) atoms. The van der Waals surface area contributed by atoms with Crippen LogP contribution in [0.1, 0.15) is 29.6 Å². The van der Waals surface area contributed by atoms with Crippen molar-refractivity contribution in [3.63, 3.8) is 0 Å². The molecule has 2 fully saturated rings. The molecule has 1 aliphatic heterocycles. The molecule has 1 saturated carbocycles. The molecule has 3 rings (SSSR count). The molecule has 1 amide bonds. The van der Waals surface area contributed by atoms with Gasteiger partial charge < -0.3 is 9.64 Å². The number of hydrogen-bond acceptors (Lipinski definition) is 2. The van der Waals surface area contributed by atoms with Crippen LogP contribution in [0.15, 0.2) is 27.1 Å². The highest BCUT2D eigenvalue weighted by Crippen LogP contribution is 2.32. The molecule has 0 N–H and O–H groups in total. The van der Waals surface area contributed by atoms with E-state index in [4.69, 9.17) is 4.74 Å². The smallest absolute Gasteiger partial charge is 0.255 e. The number of carbonyl (C=O) groups is 1. The average Bonchev–Trinajstić information content (AvgIpc) is 3.15. The van der Waals surface area contributed by atoms with Crippen LogP contribution in [0.5, 0.6) is 0 Å². The zero-order valence-electron chi connectivity index (χ0n) is 11.1. The van der Waals surface area contributed by atoms with Gasteiger partial charge in [0, 0.05) is 34.1 Å². The fraction of sp³-hybridized carbons (Fsp3) is 0.533. The first-order valence-corrected chi connectivity index (χ1v) is 8.57. The van der Waals surface area contributed by atoms with Crippen LogP contribution in [0.25, 0.3) is 0 Å². The molecular weight excluding hydrogens is 386 g/mol. The number of rotatable bonds is 4. The van der Waals surface area contributed by atoms with Crippen LogP contribution in [0, 0.1) is 5.92 Å². The van der Waals surface area contributed by atoms with Gasteiger partial charge in [-0.25, -0.2) is 0 Å². The Hall–Kier alpha value is -0.390. The summed E-state index contributed by atoms with van der Waals surface area (Å²) in [5.74, 6) is 0.623. The maximum absolute atomic E-state index is 12.8. The van der Waals surface area contributed by atoms with Crippen molar-refractivity contribution in [1.82, 2.24) is 4.90 Å². The summed E-state index contributed by atoms with van der Waals surface area (Å²) in [5.41, 5.74) is 0.741. The summed E-state index contributed by atoms with van der Waals surface area (Å²) in [5, 5.41) is 0. The number of hydrogen-bond donors (Lipinski definition) is 0. The highest BCUT2D eigenvalue weighted by molar-refractivity contribution is 9.11. The predicted molar refractivity (Wildman–Crippen MR) is 84.8 cm³/mol. The Kier molecular flexibility index (Phi) is 4.48. The molecule has 1 aliphatic carbocycles. The third-order valence-electron chi connectivity index (χ3n) is 3.89. The Morgan fingerprint density at radius 1 is 1.30 bits per heavy atom. The van der Waals surface area contributed by atoms with Crippen molar-refractivity contribution in [3.8, 4) is 0 Å². The van der Waals surface area contributed by atoms with E-state index in [1.54, 1.807) is 0 Å². The lowest BCUT2D eigenvalue weighted by Crippen LogP contribution is -2.37. The molecule has 5 heteroatoms. The SMILES string of the molecule is O=C(c1cc(Br)ccc1Br)N(CC1CCOC1)C1CC1. The van der Waals surface area contributed by atoms with Gasteiger partial charge in [0.2, 0.25) is 0 Å². The maximum atomic E-state index is 12.8. The number of ether oxygens (including phenoxy) is 1. The fourth-order valence-corrected chi connectivity index (χ4v) is 3.38. The first-order valence-electron chi connectivity index (χ1n) is 6.99. The van der Waals surface area contributed by atoms with Gasteiger partial charge in [-0.1, -0.05) is 15.9 Å². The summed E-state index contributed by atoms with van der Waals surface area (Å²) in [6.45, 7) is 2.44. The topological polar surface area (TPSA) is 29.5 Å². The zero-order valence-corrected chi connectivity index (χ0v) is 14.3. The Morgan fingerprint density at radius 2 is 2.10 bits per heavy atom. The summed E-state index contributed by atoms with van der Waals surface area (Å²) in [6.07, 6.45) is 3.33. The monoisotopic (exact) mass is 401 g/mol. The summed E-state index contributed by atoms with van der Waals surface area (Å²) < 4.78 is 7.23. The first-order chi connectivity index (χ1) is 9.65. The second-order valence-electron chi connectivity index (χ2n) is 5.54. The summed E-state index contributed by atoms with van der Waals surface area (Å²) >= 11 is 6.93. The van der Waals surface area contributed by atoms with E-state index in [2.05, 4.69) is 31.9 Å². The number of benzene rings is 1. The Morgan fingerprint density at radius 3 is 2.75 bits per heavy atom. The van der Waals surface area contributed by atoms with E-state index in [1.807, 2.05) is 23.1 Å². The average molecular weight is 403 g/mol. The van der Waals surface area contributed by atoms with E-state index >= 15 is 0 Å². The highest BCUT2D eigenvalue weighted by atomic mass is 79.9. The van der Waals surface area contributed by atoms with Crippen LogP contribution < -0.4 is 0 Å². The molecule has 2 aliphatic rings. The Bertz CT molecular complexity index is 511. The molecule has 0 spiro atoms. The normalized spacial score (nSPS) is 22.0. The van der Waals surface area contributed by atoms with E-state index in [1.165, 1.54) is 0 Å². The minimum Gasteiger partial charge on any atom is -0.381 e. The van der Waals surface area contributed by atoms with Gasteiger partial charge >= 0.3 is 0 Å². The number of halogens is 2. The van der Waals surface area contributed by atoms with Gasteiger partial charge in [-0.15, -0.1) is 0 Å². The quantitative estimate of drug-likeness (QED) is 0.765. The fourth-order valence-electron chi connectivity index (χ4n) is 2.61. The number of carbonyl (C=O) groups excluding carboxylic acids is 1. The van der Waals surface area contributed by atoms with E-state index in [9.17, 15) is 4.79 Å². The van der Waals surface area contributed by atoms with Crippen molar-refractivity contribution >= 4 is 37.8 Å². The summed E-state index contributed by atoms with van der Waals surface area (Å²) in [4.78, 5) is 14.9. The van der Waals surface area contributed by atoms with Crippen molar-refractivity contribution in [3.05, 3.63) is 32.7 Å². The number of amides is 1. The van der Waals surface area contributed by atoms with Crippen molar-refractivity contribution < 1.29 is 9.53 Å². The molecule has 1 aromatic carbocycles. The summed E-state index contributed by atoms with van der Waals surface area (Å²) in [7, 11) is 0.